The van der Waals surface area contributed by atoms with Crippen LogP contribution < -0.4 is 10.0 Å². The predicted octanol–water partition coefficient (Wildman–Crippen LogP) is 0.929. The van der Waals surface area contributed by atoms with E-state index in [0.29, 0.717) is 12.6 Å². The monoisotopic (exact) mass is 313 g/mol. The van der Waals surface area contributed by atoms with Gasteiger partial charge in [-0.05, 0) is 18.9 Å². The van der Waals surface area contributed by atoms with E-state index in [1.807, 2.05) is 11.6 Å². The summed E-state index contributed by atoms with van der Waals surface area (Å²) < 4.78 is 28.7. The molecule has 3 rings (SSSR count). The third kappa shape index (κ3) is 3.00. The fraction of sp³-hybridized carbons (Fsp3) is 0.455. The fourth-order valence-electron chi connectivity index (χ4n) is 1.83. The molecule has 2 N–H and O–H groups in total. The average molecular weight is 313 g/mol. The van der Waals surface area contributed by atoms with Gasteiger partial charge in [-0.15, -0.1) is 10.2 Å². The molecule has 1 saturated carbocycles. The number of aryl methyl sites for hydroxylation is 1. The van der Waals surface area contributed by atoms with Crippen LogP contribution in [0.25, 0.3) is 0 Å². The SMILES string of the molecule is Cn1cc(S(=O)(=O)Nc2nncs2)cc1CNC1CC1. The van der Waals surface area contributed by atoms with Crippen LogP contribution in [0.3, 0.4) is 0 Å². The average Bonchev–Trinajstić information content (AvgIpc) is 2.94. The van der Waals surface area contributed by atoms with Gasteiger partial charge in [-0.3, -0.25) is 4.72 Å². The summed E-state index contributed by atoms with van der Waals surface area (Å²) in [5, 5.41) is 10.9. The van der Waals surface area contributed by atoms with Crippen LogP contribution >= 0.6 is 11.3 Å². The van der Waals surface area contributed by atoms with Crippen LogP contribution in [0.1, 0.15) is 18.5 Å². The third-order valence-corrected chi connectivity index (χ3v) is 5.17. The smallest absolute Gasteiger partial charge is 0.265 e. The number of anilines is 1. The Morgan fingerprint density at radius 2 is 2.30 bits per heavy atom. The van der Waals surface area contributed by atoms with Crippen molar-refractivity contribution in [2.75, 3.05) is 4.72 Å². The van der Waals surface area contributed by atoms with E-state index in [0.717, 1.165) is 17.0 Å². The number of nitrogens with one attached hydrogen (secondary N) is 2. The molecule has 0 atom stereocenters. The molecule has 20 heavy (non-hydrogen) atoms. The molecule has 1 aliphatic rings. The van der Waals surface area contributed by atoms with Gasteiger partial charge < -0.3 is 9.88 Å². The standard InChI is InChI=1S/C11H15N5O2S2/c1-16-6-10(4-9(16)5-12-8-2-3-8)20(17,18)15-11-14-13-7-19-11/h4,6-8,12H,2-3,5H2,1H3,(H,14,15). The molecular formula is C11H15N5O2S2. The van der Waals surface area contributed by atoms with E-state index in [1.54, 1.807) is 12.3 Å². The Morgan fingerprint density at radius 3 is 2.95 bits per heavy atom. The molecule has 0 radical (unpaired) electrons. The summed E-state index contributed by atoms with van der Waals surface area (Å²) in [5.41, 5.74) is 2.42. The number of nitrogens with zero attached hydrogens (tertiary/aromatic N) is 3. The van der Waals surface area contributed by atoms with Gasteiger partial charge in [0.15, 0.2) is 0 Å². The zero-order chi connectivity index (χ0) is 14.2. The molecule has 2 heterocycles. The Hall–Kier alpha value is -1.45. The minimum absolute atomic E-state index is 0.239. The molecule has 7 nitrogen and oxygen atoms in total. The van der Waals surface area contributed by atoms with E-state index >= 15 is 0 Å². The Bertz CT molecular complexity index is 688. The van der Waals surface area contributed by atoms with Crippen LogP contribution in [-0.2, 0) is 23.6 Å². The Balaban J connectivity index is 1.76. The predicted molar refractivity (Wildman–Crippen MR) is 76.0 cm³/mol. The highest BCUT2D eigenvalue weighted by atomic mass is 32.2. The maximum Gasteiger partial charge on any atom is 0.265 e. The normalized spacial score (nSPS) is 15.4. The molecule has 108 valence electrons. The lowest BCUT2D eigenvalue weighted by Crippen LogP contribution is -2.17. The van der Waals surface area contributed by atoms with Gasteiger partial charge in [0.25, 0.3) is 10.0 Å². The molecule has 0 saturated heterocycles. The van der Waals surface area contributed by atoms with Gasteiger partial charge in [0.1, 0.15) is 10.4 Å². The van der Waals surface area contributed by atoms with Gasteiger partial charge in [-0.25, -0.2) is 8.42 Å². The molecule has 0 aliphatic heterocycles. The molecule has 0 amide bonds. The van der Waals surface area contributed by atoms with Gasteiger partial charge >= 0.3 is 0 Å². The molecule has 9 heteroatoms. The summed E-state index contributed by atoms with van der Waals surface area (Å²) in [4.78, 5) is 0.239. The van der Waals surface area contributed by atoms with Gasteiger partial charge in [0, 0.05) is 31.5 Å². The van der Waals surface area contributed by atoms with Crippen molar-refractivity contribution in [1.29, 1.82) is 0 Å². The van der Waals surface area contributed by atoms with Crippen molar-refractivity contribution >= 4 is 26.5 Å². The Labute approximate surface area is 121 Å². The first kappa shape index (κ1) is 13.5. The molecule has 1 aliphatic carbocycles. The zero-order valence-electron chi connectivity index (χ0n) is 10.9. The van der Waals surface area contributed by atoms with E-state index < -0.39 is 10.0 Å². The van der Waals surface area contributed by atoms with Gasteiger partial charge in [0.05, 0.1) is 0 Å². The molecule has 0 spiro atoms. The van der Waals surface area contributed by atoms with Crippen molar-refractivity contribution in [3.05, 3.63) is 23.5 Å². The first-order valence-electron chi connectivity index (χ1n) is 6.22. The summed E-state index contributed by atoms with van der Waals surface area (Å²) in [6.45, 7) is 0.676. The van der Waals surface area contributed by atoms with E-state index in [9.17, 15) is 8.42 Å². The van der Waals surface area contributed by atoms with E-state index in [2.05, 4.69) is 20.2 Å². The maximum absolute atomic E-state index is 12.2. The number of sulfonamides is 1. The second kappa shape index (κ2) is 5.15. The van der Waals surface area contributed by atoms with Crippen molar-refractivity contribution < 1.29 is 8.42 Å². The molecule has 2 aromatic rings. The quantitative estimate of drug-likeness (QED) is 0.828. The van der Waals surface area contributed by atoms with Crippen LogP contribution in [0.5, 0.6) is 0 Å². The van der Waals surface area contributed by atoms with Crippen LogP contribution in [0, 0.1) is 0 Å². The van der Waals surface area contributed by atoms with E-state index in [-0.39, 0.29) is 10.0 Å². The number of rotatable bonds is 6. The molecule has 0 unspecified atom stereocenters. The number of hydrogen-bond donors (Lipinski definition) is 2. The van der Waals surface area contributed by atoms with E-state index in [1.165, 1.54) is 18.4 Å². The number of hydrogen-bond acceptors (Lipinski definition) is 6. The van der Waals surface area contributed by atoms with Gasteiger partial charge in [-0.2, -0.15) is 0 Å². The van der Waals surface area contributed by atoms with E-state index in [4.69, 9.17) is 0 Å². The van der Waals surface area contributed by atoms with Crippen LogP contribution in [0.4, 0.5) is 5.13 Å². The van der Waals surface area contributed by atoms with Crippen LogP contribution in [-0.4, -0.2) is 29.2 Å². The highest BCUT2D eigenvalue weighted by Gasteiger charge is 2.22. The Kier molecular flexibility index (Phi) is 3.48. The summed E-state index contributed by atoms with van der Waals surface area (Å²) >= 11 is 1.15. The lowest BCUT2D eigenvalue weighted by Gasteiger charge is -2.03. The Morgan fingerprint density at radius 1 is 1.50 bits per heavy atom. The second-order valence-electron chi connectivity index (χ2n) is 4.78. The first-order chi connectivity index (χ1) is 9.54. The molecule has 1 fully saturated rings. The second-order valence-corrected chi connectivity index (χ2v) is 7.30. The van der Waals surface area contributed by atoms with Crippen molar-refractivity contribution in [1.82, 2.24) is 20.1 Å². The van der Waals surface area contributed by atoms with Crippen molar-refractivity contribution in [2.45, 2.75) is 30.3 Å². The van der Waals surface area contributed by atoms with Crippen LogP contribution in [0.15, 0.2) is 22.7 Å². The third-order valence-electron chi connectivity index (χ3n) is 3.12. The summed E-state index contributed by atoms with van der Waals surface area (Å²) in [6.07, 6.45) is 4.01. The highest BCUT2D eigenvalue weighted by Crippen LogP contribution is 2.21. The molecule has 0 bridgehead atoms. The molecule has 0 aromatic carbocycles. The topological polar surface area (TPSA) is 88.9 Å². The lowest BCUT2D eigenvalue weighted by atomic mass is 10.4. The van der Waals surface area contributed by atoms with Crippen molar-refractivity contribution in [3.63, 3.8) is 0 Å². The highest BCUT2D eigenvalue weighted by molar-refractivity contribution is 7.93. The van der Waals surface area contributed by atoms with Gasteiger partial charge in [0.2, 0.25) is 5.13 Å². The first-order valence-corrected chi connectivity index (χ1v) is 8.58. The van der Waals surface area contributed by atoms with Crippen molar-refractivity contribution in [2.24, 2.45) is 7.05 Å². The minimum atomic E-state index is -3.60. The summed E-state index contributed by atoms with van der Waals surface area (Å²) in [7, 11) is -1.76. The van der Waals surface area contributed by atoms with Crippen molar-refractivity contribution in [3.8, 4) is 0 Å². The minimum Gasteiger partial charge on any atom is -0.352 e. The molecule has 2 aromatic heterocycles. The van der Waals surface area contributed by atoms with Gasteiger partial charge in [-0.1, -0.05) is 11.3 Å². The van der Waals surface area contributed by atoms with Crippen LogP contribution in [0.2, 0.25) is 0 Å². The largest absolute Gasteiger partial charge is 0.352 e. The zero-order valence-corrected chi connectivity index (χ0v) is 12.5. The number of aromatic nitrogens is 3. The molecular weight excluding hydrogens is 298 g/mol. The summed E-state index contributed by atoms with van der Waals surface area (Å²) in [6, 6.07) is 2.27. The maximum atomic E-state index is 12.2. The lowest BCUT2D eigenvalue weighted by molar-refractivity contribution is 0.601. The summed E-state index contributed by atoms with van der Waals surface area (Å²) in [5.74, 6) is 0. The fourth-order valence-corrected chi connectivity index (χ4v) is 3.61.